The Morgan fingerprint density at radius 2 is 2.03 bits per heavy atom. The molecule has 3 aromatic rings. The number of aryl methyl sites for hydroxylation is 2. The highest BCUT2D eigenvalue weighted by Gasteiger charge is 2.21. The predicted molar refractivity (Wildman–Crippen MR) is 114 cm³/mol. The molecule has 4 rings (SSSR count). The van der Waals surface area contributed by atoms with E-state index in [1.54, 1.807) is 0 Å². The van der Waals surface area contributed by atoms with E-state index in [2.05, 4.69) is 44.5 Å². The highest BCUT2D eigenvalue weighted by molar-refractivity contribution is 5.49. The number of hydrogen-bond donors (Lipinski definition) is 0. The van der Waals surface area contributed by atoms with Gasteiger partial charge in [-0.1, -0.05) is 39.0 Å². The van der Waals surface area contributed by atoms with E-state index in [1.165, 1.54) is 6.42 Å². The number of ether oxygens (including phenoxy) is 1. The molecule has 6 nitrogen and oxygen atoms in total. The number of benzene rings is 1. The molecule has 0 saturated carbocycles. The maximum Gasteiger partial charge on any atom is 0.178 e. The first-order valence-corrected chi connectivity index (χ1v) is 10.7. The van der Waals surface area contributed by atoms with Crippen LogP contribution in [0.1, 0.15) is 44.4 Å². The number of hydrogen-bond acceptors (Lipinski definition) is 4. The summed E-state index contributed by atoms with van der Waals surface area (Å²) in [6.45, 7) is 11.0. The van der Waals surface area contributed by atoms with Gasteiger partial charge in [-0.15, -0.1) is 0 Å². The molecule has 1 aliphatic rings. The highest BCUT2D eigenvalue weighted by Crippen LogP contribution is 2.24. The third-order valence-electron chi connectivity index (χ3n) is 5.42. The predicted octanol–water partition coefficient (Wildman–Crippen LogP) is 4.31. The highest BCUT2D eigenvalue weighted by atomic mass is 16.5. The molecule has 1 aromatic carbocycles. The Bertz CT molecular complexity index is 972. The van der Waals surface area contributed by atoms with Crippen LogP contribution in [0.4, 0.5) is 0 Å². The van der Waals surface area contributed by atoms with Gasteiger partial charge >= 0.3 is 0 Å². The van der Waals surface area contributed by atoms with Gasteiger partial charge in [0.15, 0.2) is 11.6 Å². The Balaban J connectivity index is 1.56. The van der Waals surface area contributed by atoms with Crippen LogP contribution in [0.25, 0.3) is 11.5 Å². The maximum absolute atomic E-state index is 6.00. The topological polar surface area (TPSA) is 57.8 Å². The lowest BCUT2D eigenvalue weighted by Gasteiger charge is -2.19. The van der Waals surface area contributed by atoms with Crippen molar-refractivity contribution in [1.29, 1.82) is 0 Å². The van der Waals surface area contributed by atoms with E-state index in [4.69, 9.17) is 19.8 Å². The van der Waals surface area contributed by atoms with Crippen molar-refractivity contribution >= 4 is 0 Å². The van der Waals surface area contributed by atoms with E-state index in [-0.39, 0.29) is 0 Å². The van der Waals surface area contributed by atoms with Gasteiger partial charge in [-0.05, 0) is 36.8 Å². The third kappa shape index (κ3) is 4.52. The van der Waals surface area contributed by atoms with E-state index in [1.807, 2.05) is 22.9 Å². The molecule has 0 N–H and O–H groups in total. The number of para-hydroxylation sites is 1. The number of nitrogens with zero attached hydrogens (tertiary/aromatic N) is 5. The molecule has 0 radical (unpaired) electrons. The van der Waals surface area contributed by atoms with Crippen LogP contribution in [0.2, 0.25) is 0 Å². The number of fused-ring (bicyclic) bond motifs is 1. The summed E-state index contributed by atoms with van der Waals surface area (Å²) in [5.41, 5.74) is 2.07. The normalized spacial score (nSPS) is 16.2. The molecule has 0 spiro atoms. The first kappa shape index (κ1) is 19.7. The van der Waals surface area contributed by atoms with Gasteiger partial charge in [0, 0.05) is 25.6 Å². The lowest BCUT2D eigenvalue weighted by Crippen LogP contribution is -2.17. The van der Waals surface area contributed by atoms with Crippen LogP contribution in [0, 0.1) is 18.8 Å². The van der Waals surface area contributed by atoms with Crippen molar-refractivity contribution in [2.75, 3.05) is 6.61 Å². The second-order valence-corrected chi connectivity index (χ2v) is 8.63. The molecule has 2 aromatic heterocycles. The van der Waals surface area contributed by atoms with Crippen LogP contribution >= 0.6 is 0 Å². The van der Waals surface area contributed by atoms with Gasteiger partial charge in [0.25, 0.3) is 0 Å². The molecule has 154 valence electrons. The van der Waals surface area contributed by atoms with Crippen molar-refractivity contribution < 1.29 is 4.74 Å². The van der Waals surface area contributed by atoms with Gasteiger partial charge in [0.05, 0.1) is 6.54 Å². The van der Waals surface area contributed by atoms with Gasteiger partial charge in [-0.2, -0.15) is 5.10 Å². The average Bonchev–Trinajstić information content (AvgIpc) is 3.26. The van der Waals surface area contributed by atoms with E-state index < -0.39 is 0 Å². The Morgan fingerprint density at radius 3 is 2.83 bits per heavy atom. The molecule has 0 saturated heterocycles. The zero-order valence-corrected chi connectivity index (χ0v) is 17.9. The number of aromatic nitrogens is 5. The minimum atomic E-state index is 0.512. The lowest BCUT2D eigenvalue weighted by molar-refractivity contribution is 0.290. The van der Waals surface area contributed by atoms with E-state index in [0.717, 1.165) is 53.9 Å². The summed E-state index contributed by atoms with van der Waals surface area (Å²) in [5, 5.41) is 4.78. The maximum atomic E-state index is 6.00. The van der Waals surface area contributed by atoms with Gasteiger partial charge < -0.3 is 9.30 Å². The molecule has 3 heterocycles. The lowest BCUT2D eigenvalue weighted by atomic mass is 10.0. The summed E-state index contributed by atoms with van der Waals surface area (Å²) in [6.07, 6.45) is 5.24. The third-order valence-corrected chi connectivity index (χ3v) is 5.42. The smallest absolute Gasteiger partial charge is 0.178 e. The van der Waals surface area contributed by atoms with Crippen molar-refractivity contribution in [3.63, 3.8) is 0 Å². The minimum absolute atomic E-state index is 0.512. The van der Waals surface area contributed by atoms with Gasteiger partial charge in [-0.3, -0.25) is 0 Å². The van der Waals surface area contributed by atoms with Crippen LogP contribution in [0.3, 0.4) is 0 Å². The standard InChI is InChI=1S/C23H31N5O/c1-16(2)13-21-25-23(19-15-27-14-17(3)9-10-22(27)24-19)28(26-21)11-12-29-20-8-6-5-7-18(20)4/h5-8,15-17H,9-14H2,1-4H3. The summed E-state index contributed by atoms with van der Waals surface area (Å²) >= 11 is 0. The minimum Gasteiger partial charge on any atom is -0.491 e. The molecule has 1 atom stereocenters. The van der Waals surface area contributed by atoms with Gasteiger partial charge in [-0.25, -0.2) is 14.6 Å². The van der Waals surface area contributed by atoms with Crippen LogP contribution in [-0.4, -0.2) is 30.9 Å². The number of rotatable bonds is 7. The molecule has 0 aliphatic carbocycles. The second-order valence-electron chi connectivity index (χ2n) is 8.63. The Labute approximate surface area is 172 Å². The summed E-state index contributed by atoms with van der Waals surface area (Å²) in [6, 6.07) is 8.10. The molecule has 0 fully saturated rings. The number of imidazole rings is 1. The second kappa shape index (κ2) is 8.39. The fourth-order valence-corrected chi connectivity index (χ4v) is 3.87. The summed E-state index contributed by atoms with van der Waals surface area (Å²) in [7, 11) is 0. The van der Waals surface area contributed by atoms with Crippen LogP contribution in [0.5, 0.6) is 5.75 Å². The first-order chi connectivity index (χ1) is 14.0. The van der Waals surface area contributed by atoms with Crippen molar-refractivity contribution in [3.05, 3.63) is 47.7 Å². The SMILES string of the molecule is Cc1ccccc1OCCn1nc(CC(C)C)nc1-c1cn2c(n1)CCC(C)C2. The van der Waals surface area contributed by atoms with E-state index in [0.29, 0.717) is 25.0 Å². The first-order valence-electron chi connectivity index (χ1n) is 10.7. The average molecular weight is 394 g/mol. The Kier molecular flexibility index (Phi) is 5.69. The quantitative estimate of drug-likeness (QED) is 0.600. The molecule has 1 aliphatic heterocycles. The summed E-state index contributed by atoms with van der Waals surface area (Å²) in [4.78, 5) is 9.73. The van der Waals surface area contributed by atoms with Crippen LogP contribution in [0.15, 0.2) is 30.5 Å². The fourth-order valence-electron chi connectivity index (χ4n) is 3.87. The van der Waals surface area contributed by atoms with Gasteiger partial charge in [0.2, 0.25) is 0 Å². The van der Waals surface area contributed by atoms with Gasteiger partial charge in [0.1, 0.15) is 23.9 Å². The van der Waals surface area contributed by atoms with Crippen molar-refractivity contribution in [3.8, 4) is 17.3 Å². The van der Waals surface area contributed by atoms with E-state index in [9.17, 15) is 0 Å². The summed E-state index contributed by atoms with van der Waals surface area (Å²) in [5.74, 6) is 5.02. The molecule has 29 heavy (non-hydrogen) atoms. The Morgan fingerprint density at radius 1 is 1.21 bits per heavy atom. The Hall–Kier alpha value is -2.63. The van der Waals surface area contributed by atoms with Crippen molar-refractivity contribution in [1.82, 2.24) is 24.3 Å². The zero-order valence-electron chi connectivity index (χ0n) is 17.9. The molecule has 6 heteroatoms. The van der Waals surface area contributed by atoms with Crippen molar-refractivity contribution in [2.24, 2.45) is 11.8 Å². The zero-order chi connectivity index (χ0) is 20.4. The van der Waals surface area contributed by atoms with Crippen molar-refractivity contribution in [2.45, 2.75) is 60.0 Å². The largest absolute Gasteiger partial charge is 0.491 e. The molecule has 1 unspecified atom stereocenters. The molecular formula is C23H31N5O. The fraction of sp³-hybridized carbons (Fsp3) is 0.522. The molecular weight excluding hydrogens is 362 g/mol. The molecule has 0 amide bonds. The molecule has 0 bridgehead atoms. The monoisotopic (exact) mass is 393 g/mol. The van der Waals surface area contributed by atoms with Crippen LogP contribution < -0.4 is 4.74 Å². The summed E-state index contributed by atoms with van der Waals surface area (Å²) < 4.78 is 10.3. The van der Waals surface area contributed by atoms with Crippen LogP contribution in [-0.2, 0) is 25.9 Å². The van der Waals surface area contributed by atoms with E-state index >= 15 is 0 Å².